The highest BCUT2D eigenvalue weighted by Gasteiger charge is 2.16. The Hall–Kier alpha value is -0.600. The van der Waals surface area contributed by atoms with E-state index >= 15 is 0 Å². The van der Waals surface area contributed by atoms with Gasteiger partial charge < -0.3 is 0 Å². The average Bonchev–Trinajstić information content (AvgIpc) is 1.78. The molecule has 0 spiro atoms. The topological polar surface area (TPSA) is 28.0 Å². The van der Waals surface area contributed by atoms with E-state index in [1.807, 2.05) is 32.8 Å². The minimum absolute atomic E-state index is 0.0503. The lowest BCUT2D eigenvalue weighted by Crippen LogP contribution is -2.33. The van der Waals surface area contributed by atoms with Crippen molar-refractivity contribution >= 4 is 0 Å². The van der Waals surface area contributed by atoms with E-state index < -0.39 is 0 Å². The van der Waals surface area contributed by atoms with E-state index in [2.05, 4.69) is 31.1 Å². The van der Waals surface area contributed by atoms with Gasteiger partial charge in [-0.3, -0.25) is 5.01 Å². The van der Waals surface area contributed by atoms with E-state index in [4.69, 9.17) is 0 Å². The summed E-state index contributed by atoms with van der Waals surface area (Å²) in [6.45, 7) is 12.4. The van der Waals surface area contributed by atoms with Crippen LogP contribution in [0, 0.1) is 0 Å². The first-order valence-electron chi connectivity index (χ1n) is 4.29. The summed E-state index contributed by atoms with van der Waals surface area (Å²) in [4.78, 5) is 0. The van der Waals surface area contributed by atoms with Crippen molar-refractivity contribution in [3.63, 3.8) is 0 Å². The van der Waals surface area contributed by atoms with Gasteiger partial charge in [0.05, 0.1) is 11.1 Å². The third kappa shape index (κ3) is 5.10. The second-order valence-corrected chi connectivity index (χ2v) is 5.05. The minimum Gasteiger partial charge on any atom is -0.277 e. The summed E-state index contributed by atoms with van der Waals surface area (Å²) < 4.78 is 0. The predicted molar refractivity (Wildman–Crippen MR) is 52.1 cm³/mol. The fraction of sp³-hybridized carbons (Fsp3) is 1.00. The number of hydrogen-bond acceptors (Lipinski definition) is 2. The van der Waals surface area contributed by atoms with Gasteiger partial charge in [-0.25, -0.2) is 0 Å². The van der Waals surface area contributed by atoms with Gasteiger partial charge in [-0.15, -0.1) is 0 Å². The fourth-order valence-electron chi connectivity index (χ4n) is 0.335. The maximum atomic E-state index is 4.17. The molecule has 0 N–H and O–H groups in total. The van der Waals surface area contributed by atoms with Crippen LogP contribution in [0.4, 0.5) is 0 Å². The van der Waals surface area contributed by atoms with Gasteiger partial charge in [0.2, 0.25) is 0 Å². The van der Waals surface area contributed by atoms with Crippen molar-refractivity contribution in [3.8, 4) is 0 Å². The van der Waals surface area contributed by atoms with Crippen molar-refractivity contribution in [1.82, 2.24) is 5.01 Å². The van der Waals surface area contributed by atoms with E-state index in [1.54, 1.807) is 0 Å². The Kier molecular flexibility index (Phi) is 3.25. The van der Waals surface area contributed by atoms with Crippen molar-refractivity contribution in [2.75, 3.05) is 7.05 Å². The molecule has 12 heavy (non-hydrogen) atoms. The fourth-order valence-corrected chi connectivity index (χ4v) is 0.335. The molecule has 0 aliphatic rings. The summed E-state index contributed by atoms with van der Waals surface area (Å²) in [7, 11) is 1.94. The van der Waals surface area contributed by atoms with Crippen molar-refractivity contribution in [2.24, 2.45) is 10.3 Å². The third-order valence-corrected chi connectivity index (χ3v) is 1.45. The molecule has 0 aliphatic carbocycles. The van der Waals surface area contributed by atoms with E-state index in [0.717, 1.165) is 0 Å². The van der Waals surface area contributed by atoms with Crippen LogP contribution in [0.5, 0.6) is 0 Å². The van der Waals surface area contributed by atoms with Crippen LogP contribution in [0.15, 0.2) is 10.3 Å². The maximum absolute atomic E-state index is 4.17. The van der Waals surface area contributed by atoms with Crippen LogP contribution in [-0.2, 0) is 0 Å². The Morgan fingerprint density at radius 1 is 0.917 bits per heavy atom. The molecule has 72 valence electrons. The Bertz CT molecular complexity index is 160. The minimum atomic E-state index is -0.0838. The molecule has 0 heterocycles. The molecule has 0 aromatic rings. The molecule has 0 amide bonds. The van der Waals surface area contributed by atoms with Gasteiger partial charge >= 0.3 is 0 Å². The summed E-state index contributed by atoms with van der Waals surface area (Å²) in [5, 5.41) is 10.2. The zero-order valence-electron chi connectivity index (χ0n) is 9.34. The molecule has 0 saturated carbocycles. The summed E-state index contributed by atoms with van der Waals surface area (Å²) in [5.41, 5.74) is -0.0335. The van der Waals surface area contributed by atoms with Crippen LogP contribution in [-0.4, -0.2) is 23.1 Å². The van der Waals surface area contributed by atoms with Gasteiger partial charge in [0.15, 0.2) is 0 Å². The standard InChI is InChI=1S/C9H21N3/c1-8(2,3)10-11-12(7)9(4,5)6/h1-7H3. The number of rotatable bonds is 1. The molecule has 0 fully saturated rings. The van der Waals surface area contributed by atoms with Gasteiger partial charge in [-0.2, -0.15) is 5.11 Å². The lowest BCUT2D eigenvalue weighted by Gasteiger charge is -2.28. The van der Waals surface area contributed by atoms with E-state index in [1.165, 1.54) is 0 Å². The van der Waals surface area contributed by atoms with Gasteiger partial charge in [-0.05, 0) is 41.5 Å². The molecule has 0 unspecified atom stereocenters. The summed E-state index contributed by atoms with van der Waals surface area (Å²) in [6, 6.07) is 0. The van der Waals surface area contributed by atoms with Crippen molar-refractivity contribution < 1.29 is 0 Å². The van der Waals surface area contributed by atoms with Gasteiger partial charge in [-0.1, -0.05) is 5.22 Å². The zero-order chi connectivity index (χ0) is 9.99. The second kappa shape index (κ2) is 3.42. The first kappa shape index (κ1) is 11.4. The summed E-state index contributed by atoms with van der Waals surface area (Å²) in [5.74, 6) is 0. The normalized spacial score (nSPS) is 13.9. The molecule has 0 saturated heterocycles. The molecule has 0 aromatic heterocycles. The molecule has 0 aliphatic heterocycles. The first-order valence-corrected chi connectivity index (χ1v) is 4.29. The quantitative estimate of drug-likeness (QED) is 0.440. The SMILES string of the molecule is CN(N=NC(C)(C)C)C(C)(C)C. The molecule has 0 bridgehead atoms. The van der Waals surface area contributed by atoms with Gasteiger partial charge in [0, 0.05) is 7.05 Å². The number of nitrogens with zero attached hydrogens (tertiary/aromatic N) is 3. The molecule has 0 atom stereocenters. The first-order chi connectivity index (χ1) is 5.13. The molecular weight excluding hydrogens is 150 g/mol. The third-order valence-electron chi connectivity index (χ3n) is 1.45. The number of hydrogen-bond donors (Lipinski definition) is 0. The Morgan fingerprint density at radius 2 is 1.33 bits per heavy atom. The predicted octanol–water partition coefficient (Wildman–Crippen LogP) is 2.88. The second-order valence-electron chi connectivity index (χ2n) is 5.05. The van der Waals surface area contributed by atoms with Crippen molar-refractivity contribution in [2.45, 2.75) is 52.6 Å². The highest BCUT2D eigenvalue weighted by molar-refractivity contribution is 4.71. The van der Waals surface area contributed by atoms with Gasteiger partial charge in [0.25, 0.3) is 0 Å². The van der Waals surface area contributed by atoms with Crippen LogP contribution in [0.25, 0.3) is 0 Å². The molecule has 3 heteroatoms. The van der Waals surface area contributed by atoms with E-state index in [-0.39, 0.29) is 11.1 Å². The van der Waals surface area contributed by atoms with Crippen LogP contribution >= 0.6 is 0 Å². The molecule has 0 rings (SSSR count). The lowest BCUT2D eigenvalue weighted by atomic mass is 10.1. The molecule has 0 radical (unpaired) electrons. The average molecular weight is 171 g/mol. The Labute approximate surface area is 75.8 Å². The van der Waals surface area contributed by atoms with E-state index in [0.29, 0.717) is 0 Å². The van der Waals surface area contributed by atoms with Gasteiger partial charge in [0.1, 0.15) is 0 Å². The van der Waals surface area contributed by atoms with Crippen LogP contribution in [0.1, 0.15) is 41.5 Å². The summed E-state index contributed by atoms with van der Waals surface area (Å²) >= 11 is 0. The monoisotopic (exact) mass is 171 g/mol. The van der Waals surface area contributed by atoms with Crippen molar-refractivity contribution in [1.29, 1.82) is 0 Å². The smallest absolute Gasteiger partial charge is 0.0753 e. The lowest BCUT2D eigenvalue weighted by molar-refractivity contribution is 0.162. The molecule has 3 nitrogen and oxygen atoms in total. The summed E-state index contributed by atoms with van der Waals surface area (Å²) in [6.07, 6.45) is 0. The highest BCUT2D eigenvalue weighted by Crippen LogP contribution is 2.14. The molecular formula is C9H21N3. The van der Waals surface area contributed by atoms with Crippen LogP contribution in [0.3, 0.4) is 0 Å². The van der Waals surface area contributed by atoms with Crippen LogP contribution in [0.2, 0.25) is 0 Å². The van der Waals surface area contributed by atoms with Crippen LogP contribution < -0.4 is 0 Å². The zero-order valence-corrected chi connectivity index (χ0v) is 9.34. The largest absolute Gasteiger partial charge is 0.277 e. The van der Waals surface area contributed by atoms with Crippen molar-refractivity contribution in [3.05, 3.63) is 0 Å². The maximum Gasteiger partial charge on any atom is 0.0753 e. The highest BCUT2D eigenvalue weighted by atomic mass is 15.6. The Morgan fingerprint density at radius 3 is 1.58 bits per heavy atom. The van der Waals surface area contributed by atoms with E-state index in [9.17, 15) is 0 Å². The Balaban J connectivity index is 4.19. The molecule has 0 aromatic carbocycles.